The monoisotopic (exact) mass is 310 g/mol. The first-order valence-corrected chi connectivity index (χ1v) is 8.33. The second-order valence-electron chi connectivity index (χ2n) is 5.94. The van der Waals surface area contributed by atoms with Crippen LogP contribution < -0.4 is 5.73 Å². The van der Waals surface area contributed by atoms with Gasteiger partial charge in [-0.25, -0.2) is 0 Å². The summed E-state index contributed by atoms with van der Waals surface area (Å²) in [5.74, 6) is 0. The average molecular weight is 311 g/mol. The van der Waals surface area contributed by atoms with E-state index in [1.165, 1.54) is 0 Å². The molecule has 0 saturated carbocycles. The summed E-state index contributed by atoms with van der Waals surface area (Å²) in [6, 6.07) is 8.71. The average Bonchev–Trinajstić information content (AvgIpc) is 2.49. The number of hydrogen-bond acceptors (Lipinski definition) is 3. The molecule has 2 rings (SSSR count). The predicted octanol–water partition coefficient (Wildman–Crippen LogP) is 3.62. The summed E-state index contributed by atoms with van der Waals surface area (Å²) >= 11 is 6.45. The van der Waals surface area contributed by atoms with Crippen LogP contribution in [0.25, 0.3) is 0 Å². The number of hydrogen-bond donors (Lipinski definition) is 1. The van der Waals surface area contributed by atoms with E-state index in [-0.39, 0.29) is 18.2 Å². The van der Waals surface area contributed by atoms with Gasteiger partial charge >= 0.3 is 0 Å². The van der Waals surface area contributed by atoms with Gasteiger partial charge in [0, 0.05) is 23.7 Å². The van der Waals surface area contributed by atoms with E-state index in [1.54, 1.807) is 0 Å². The molecule has 3 nitrogen and oxygen atoms in total. The zero-order valence-corrected chi connectivity index (χ0v) is 14.0. The Morgan fingerprint density at radius 1 is 1.38 bits per heavy atom. The van der Waals surface area contributed by atoms with Gasteiger partial charge in [-0.15, -0.1) is 0 Å². The van der Waals surface area contributed by atoms with Crippen molar-refractivity contribution in [2.75, 3.05) is 13.2 Å². The lowest BCUT2D eigenvalue weighted by atomic mass is 9.93. The fourth-order valence-electron chi connectivity index (χ4n) is 3.16. The van der Waals surface area contributed by atoms with E-state index in [9.17, 15) is 0 Å². The zero-order chi connectivity index (χ0) is 15.4. The zero-order valence-electron chi connectivity index (χ0n) is 13.3. The number of ether oxygens (including phenoxy) is 1. The first kappa shape index (κ1) is 16.8. The van der Waals surface area contributed by atoms with Gasteiger partial charge < -0.3 is 10.5 Å². The van der Waals surface area contributed by atoms with E-state index in [1.807, 2.05) is 18.2 Å². The summed E-state index contributed by atoms with van der Waals surface area (Å²) in [6.07, 6.45) is 2.23. The molecule has 118 valence electrons. The SMILES string of the molecule is CCC(N)C(c1ccccc1Cl)N1CC(C)OCC1CC. The van der Waals surface area contributed by atoms with Crippen molar-refractivity contribution in [2.45, 2.75) is 57.8 Å². The maximum absolute atomic E-state index is 6.47. The third-order valence-corrected chi connectivity index (χ3v) is 4.78. The van der Waals surface area contributed by atoms with Gasteiger partial charge in [0.25, 0.3) is 0 Å². The van der Waals surface area contributed by atoms with Crippen molar-refractivity contribution in [1.82, 2.24) is 4.90 Å². The quantitative estimate of drug-likeness (QED) is 0.902. The maximum Gasteiger partial charge on any atom is 0.0675 e. The molecule has 4 atom stereocenters. The van der Waals surface area contributed by atoms with E-state index in [4.69, 9.17) is 22.1 Å². The highest BCUT2D eigenvalue weighted by atomic mass is 35.5. The molecule has 4 unspecified atom stereocenters. The first-order valence-electron chi connectivity index (χ1n) is 7.95. The van der Waals surface area contributed by atoms with Crippen molar-refractivity contribution in [2.24, 2.45) is 5.73 Å². The van der Waals surface area contributed by atoms with Crippen molar-refractivity contribution >= 4 is 11.6 Å². The van der Waals surface area contributed by atoms with Crippen LogP contribution in [-0.2, 0) is 4.74 Å². The Morgan fingerprint density at radius 2 is 2.10 bits per heavy atom. The summed E-state index contributed by atoms with van der Waals surface area (Å²) in [5, 5.41) is 0.806. The molecule has 1 aromatic carbocycles. The van der Waals surface area contributed by atoms with Crippen molar-refractivity contribution in [3.63, 3.8) is 0 Å². The first-order chi connectivity index (χ1) is 10.1. The molecule has 1 aliphatic heterocycles. The normalized spacial score (nSPS) is 26.5. The Kier molecular flexibility index (Phi) is 6.06. The number of morpholine rings is 1. The van der Waals surface area contributed by atoms with Gasteiger partial charge in [0.05, 0.1) is 18.8 Å². The molecule has 2 N–H and O–H groups in total. The van der Waals surface area contributed by atoms with Crippen LogP contribution in [0.2, 0.25) is 5.02 Å². The molecule has 1 aromatic rings. The lowest BCUT2D eigenvalue weighted by Gasteiger charge is -2.45. The van der Waals surface area contributed by atoms with Crippen molar-refractivity contribution in [1.29, 1.82) is 0 Å². The molecule has 0 aromatic heterocycles. The van der Waals surface area contributed by atoms with Gasteiger partial charge in [-0.1, -0.05) is 43.6 Å². The van der Waals surface area contributed by atoms with Gasteiger partial charge in [-0.05, 0) is 31.4 Å². The standard InChI is InChI=1S/C17H27ClN2O/c1-4-13-11-21-12(3)10-20(13)17(16(19)5-2)14-8-6-7-9-15(14)18/h6-9,12-13,16-17H,4-5,10-11,19H2,1-3H3. The smallest absolute Gasteiger partial charge is 0.0675 e. The van der Waals surface area contributed by atoms with Crippen molar-refractivity contribution in [3.05, 3.63) is 34.9 Å². The highest BCUT2D eigenvalue weighted by Gasteiger charge is 2.35. The Morgan fingerprint density at radius 3 is 2.71 bits per heavy atom. The van der Waals surface area contributed by atoms with Crippen LogP contribution in [0.1, 0.15) is 45.2 Å². The van der Waals surface area contributed by atoms with Crippen LogP contribution in [0.4, 0.5) is 0 Å². The third-order valence-electron chi connectivity index (χ3n) is 4.44. The Bertz CT molecular complexity index is 454. The Balaban J connectivity index is 2.37. The predicted molar refractivity (Wildman–Crippen MR) is 88.7 cm³/mol. The summed E-state index contributed by atoms with van der Waals surface area (Å²) in [5.41, 5.74) is 7.61. The highest BCUT2D eigenvalue weighted by Crippen LogP contribution is 2.34. The highest BCUT2D eigenvalue weighted by molar-refractivity contribution is 6.31. The lowest BCUT2D eigenvalue weighted by molar-refractivity contribution is -0.0771. The van der Waals surface area contributed by atoms with Crippen LogP contribution in [0, 0.1) is 0 Å². The van der Waals surface area contributed by atoms with Crippen LogP contribution in [0.3, 0.4) is 0 Å². The summed E-state index contributed by atoms with van der Waals surface area (Å²) in [4.78, 5) is 2.50. The van der Waals surface area contributed by atoms with E-state index in [0.717, 1.165) is 36.6 Å². The summed E-state index contributed by atoms with van der Waals surface area (Å²) in [6.45, 7) is 8.15. The number of nitrogens with zero attached hydrogens (tertiary/aromatic N) is 1. The Hall–Kier alpha value is -0.610. The molecule has 0 radical (unpaired) electrons. The van der Waals surface area contributed by atoms with E-state index in [0.29, 0.717) is 6.04 Å². The van der Waals surface area contributed by atoms with E-state index < -0.39 is 0 Å². The van der Waals surface area contributed by atoms with Gasteiger partial charge in [0.15, 0.2) is 0 Å². The second-order valence-corrected chi connectivity index (χ2v) is 6.35. The van der Waals surface area contributed by atoms with E-state index in [2.05, 4.69) is 31.7 Å². The second kappa shape index (κ2) is 7.59. The van der Waals surface area contributed by atoms with Crippen LogP contribution in [-0.4, -0.2) is 36.2 Å². The number of rotatable bonds is 5. The van der Waals surface area contributed by atoms with Crippen molar-refractivity contribution < 1.29 is 4.74 Å². The number of nitrogens with two attached hydrogens (primary N) is 1. The molecule has 1 fully saturated rings. The topological polar surface area (TPSA) is 38.5 Å². The minimum atomic E-state index is 0.0734. The third kappa shape index (κ3) is 3.78. The minimum absolute atomic E-state index is 0.0734. The van der Waals surface area contributed by atoms with Gasteiger partial charge in [0.2, 0.25) is 0 Å². The van der Waals surface area contributed by atoms with Crippen molar-refractivity contribution in [3.8, 4) is 0 Å². The molecule has 0 bridgehead atoms. The van der Waals surface area contributed by atoms with Gasteiger partial charge in [-0.3, -0.25) is 4.90 Å². The molecule has 0 amide bonds. The summed E-state index contributed by atoms with van der Waals surface area (Å²) in [7, 11) is 0. The summed E-state index contributed by atoms with van der Waals surface area (Å²) < 4.78 is 5.83. The van der Waals surface area contributed by atoms with E-state index >= 15 is 0 Å². The largest absolute Gasteiger partial charge is 0.376 e. The van der Waals surface area contributed by atoms with Crippen LogP contribution in [0.5, 0.6) is 0 Å². The molecule has 1 aliphatic rings. The molecule has 1 saturated heterocycles. The molecule has 0 spiro atoms. The molecule has 21 heavy (non-hydrogen) atoms. The maximum atomic E-state index is 6.47. The Labute approximate surface area is 133 Å². The fourth-order valence-corrected chi connectivity index (χ4v) is 3.40. The molecule has 1 heterocycles. The van der Waals surface area contributed by atoms with Gasteiger partial charge in [-0.2, -0.15) is 0 Å². The minimum Gasteiger partial charge on any atom is -0.376 e. The number of benzene rings is 1. The lowest BCUT2D eigenvalue weighted by Crippen LogP contribution is -2.54. The molecule has 0 aliphatic carbocycles. The molecular formula is C17H27ClN2O. The molecule has 4 heteroatoms. The molecular weight excluding hydrogens is 284 g/mol. The van der Waals surface area contributed by atoms with Crippen LogP contribution >= 0.6 is 11.6 Å². The van der Waals surface area contributed by atoms with Gasteiger partial charge in [0.1, 0.15) is 0 Å². The fraction of sp³-hybridized carbons (Fsp3) is 0.647. The number of halogens is 1. The van der Waals surface area contributed by atoms with Crippen LogP contribution in [0.15, 0.2) is 24.3 Å².